The molecule has 116 valence electrons. The number of ketones is 1. The van der Waals surface area contributed by atoms with Gasteiger partial charge in [0.2, 0.25) is 0 Å². The van der Waals surface area contributed by atoms with Crippen LogP contribution >= 0.6 is 0 Å². The molecule has 0 aromatic rings. The Morgan fingerprint density at radius 1 is 1.40 bits per heavy atom. The number of β-amino-alcohol motifs (C(OH)–C–C–N with tert-alkyl or cyclic N) is 1. The minimum atomic E-state index is -0.230. The Morgan fingerprint density at radius 2 is 2.10 bits per heavy atom. The molecule has 0 aromatic carbocycles. The van der Waals surface area contributed by atoms with Crippen LogP contribution in [-0.2, 0) is 4.79 Å². The van der Waals surface area contributed by atoms with Gasteiger partial charge in [-0.15, -0.1) is 0 Å². The van der Waals surface area contributed by atoms with Crippen LogP contribution in [0, 0.1) is 11.3 Å². The predicted molar refractivity (Wildman–Crippen MR) is 80.7 cm³/mol. The fraction of sp³-hybridized carbons (Fsp3) is 0.938. The average Bonchev–Trinajstić information content (AvgIpc) is 2.64. The van der Waals surface area contributed by atoms with Gasteiger partial charge in [-0.1, -0.05) is 20.3 Å². The van der Waals surface area contributed by atoms with Crippen molar-refractivity contribution in [2.45, 2.75) is 51.7 Å². The number of aliphatic hydroxyl groups is 1. The van der Waals surface area contributed by atoms with Crippen molar-refractivity contribution < 1.29 is 9.90 Å². The van der Waals surface area contributed by atoms with Crippen LogP contribution in [-0.4, -0.2) is 66.6 Å². The van der Waals surface area contributed by atoms with Gasteiger partial charge >= 0.3 is 0 Å². The summed E-state index contributed by atoms with van der Waals surface area (Å²) in [5.41, 5.74) is -0.154. The van der Waals surface area contributed by atoms with E-state index in [4.69, 9.17) is 0 Å². The van der Waals surface area contributed by atoms with Crippen LogP contribution in [0.4, 0.5) is 0 Å². The highest BCUT2D eigenvalue weighted by Crippen LogP contribution is 2.36. The Labute approximate surface area is 123 Å². The van der Waals surface area contributed by atoms with E-state index in [0.29, 0.717) is 11.8 Å². The highest BCUT2D eigenvalue weighted by Gasteiger charge is 2.40. The summed E-state index contributed by atoms with van der Waals surface area (Å²) < 4.78 is 0. The van der Waals surface area contributed by atoms with Crippen molar-refractivity contribution in [1.29, 1.82) is 0 Å². The average molecular weight is 282 g/mol. The van der Waals surface area contributed by atoms with Gasteiger partial charge in [-0.05, 0) is 33.4 Å². The van der Waals surface area contributed by atoms with Crippen LogP contribution in [0.1, 0.15) is 39.5 Å². The number of rotatable bonds is 4. The lowest BCUT2D eigenvalue weighted by Gasteiger charge is -2.37. The van der Waals surface area contributed by atoms with Crippen molar-refractivity contribution in [3.8, 4) is 0 Å². The number of nitrogens with zero attached hydrogens (tertiary/aromatic N) is 2. The molecule has 2 aliphatic rings. The lowest BCUT2D eigenvalue weighted by atomic mass is 9.71. The highest BCUT2D eigenvalue weighted by atomic mass is 16.3. The summed E-state index contributed by atoms with van der Waals surface area (Å²) in [6.07, 6.45) is 3.79. The van der Waals surface area contributed by atoms with Gasteiger partial charge < -0.3 is 10.0 Å². The molecular formula is C16H30N2O2. The van der Waals surface area contributed by atoms with Crippen molar-refractivity contribution in [1.82, 2.24) is 9.80 Å². The van der Waals surface area contributed by atoms with E-state index in [0.717, 1.165) is 45.3 Å². The minimum Gasteiger partial charge on any atom is -0.392 e. The smallest absolute Gasteiger partial charge is 0.142 e. The lowest BCUT2D eigenvalue weighted by Crippen LogP contribution is -2.45. The van der Waals surface area contributed by atoms with E-state index >= 15 is 0 Å². The van der Waals surface area contributed by atoms with Crippen molar-refractivity contribution in [2.24, 2.45) is 11.3 Å². The summed E-state index contributed by atoms with van der Waals surface area (Å²) >= 11 is 0. The molecule has 0 radical (unpaired) electrons. The number of carbonyl (C=O) groups excluding carboxylic acids is 1. The third kappa shape index (κ3) is 3.60. The number of Topliss-reactive ketones (excluding diaryl/α,β-unsaturated/α-hetero) is 1. The van der Waals surface area contributed by atoms with E-state index in [1.54, 1.807) is 0 Å². The summed E-state index contributed by atoms with van der Waals surface area (Å²) in [5.74, 6) is 0.586. The number of hydrogen-bond acceptors (Lipinski definition) is 4. The maximum absolute atomic E-state index is 12.5. The quantitative estimate of drug-likeness (QED) is 0.846. The molecule has 0 amide bonds. The Kier molecular flexibility index (Phi) is 4.88. The third-order valence-corrected chi connectivity index (χ3v) is 4.93. The number of aliphatic hydroxyl groups excluding tert-OH is 1. The van der Waals surface area contributed by atoms with Crippen LogP contribution in [0.15, 0.2) is 0 Å². The number of likely N-dealkylation sites (N-methyl/N-ethyl adjacent to an activating group) is 1. The number of carbonyl (C=O) groups is 1. The maximum atomic E-state index is 12.5. The molecule has 0 spiro atoms. The highest BCUT2D eigenvalue weighted by molar-refractivity contribution is 5.87. The molecule has 1 aliphatic heterocycles. The topological polar surface area (TPSA) is 43.8 Å². The first-order chi connectivity index (χ1) is 9.29. The first-order valence-corrected chi connectivity index (χ1v) is 7.91. The van der Waals surface area contributed by atoms with E-state index in [9.17, 15) is 9.90 Å². The van der Waals surface area contributed by atoms with Gasteiger partial charge in [0.15, 0.2) is 0 Å². The molecule has 2 fully saturated rings. The Hall–Kier alpha value is -0.450. The van der Waals surface area contributed by atoms with E-state index < -0.39 is 0 Å². The molecule has 1 heterocycles. The molecule has 1 saturated carbocycles. The van der Waals surface area contributed by atoms with E-state index in [1.165, 1.54) is 0 Å². The van der Waals surface area contributed by atoms with Gasteiger partial charge in [-0.25, -0.2) is 0 Å². The van der Waals surface area contributed by atoms with Crippen LogP contribution in [0.25, 0.3) is 0 Å². The monoisotopic (exact) mass is 282 g/mol. The molecule has 4 nitrogen and oxygen atoms in total. The summed E-state index contributed by atoms with van der Waals surface area (Å²) in [4.78, 5) is 17.1. The molecule has 3 atom stereocenters. The fourth-order valence-electron chi connectivity index (χ4n) is 3.85. The van der Waals surface area contributed by atoms with E-state index in [-0.39, 0.29) is 17.4 Å². The Bertz CT molecular complexity index is 354. The first-order valence-electron chi connectivity index (χ1n) is 7.91. The number of hydrogen-bond donors (Lipinski definition) is 1. The van der Waals surface area contributed by atoms with Gasteiger partial charge in [0.1, 0.15) is 5.78 Å². The molecule has 20 heavy (non-hydrogen) atoms. The second-order valence-corrected chi connectivity index (χ2v) is 7.60. The SMILES string of the molecule is CN(C)CC1CC(O)CN1CC1CCCC(C)(C)C1=O. The number of likely N-dealkylation sites (tertiary alicyclic amines) is 1. The second-order valence-electron chi connectivity index (χ2n) is 7.60. The molecule has 3 unspecified atom stereocenters. The maximum Gasteiger partial charge on any atom is 0.142 e. The van der Waals surface area contributed by atoms with Crippen molar-refractivity contribution in [2.75, 3.05) is 33.7 Å². The van der Waals surface area contributed by atoms with Crippen molar-refractivity contribution in [3.05, 3.63) is 0 Å². The van der Waals surface area contributed by atoms with Crippen LogP contribution in [0.2, 0.25) is 0 Å². The third-order valence-electron chi connectivity index (χ3n) is 4.93. The summed E-state index contributed by atoms with van der Waals surface area (Å²) in [6.45, 7) is 6.68. The molecule has 2 rings (SSSR count). The summed E-state index contributed by atoms with van der Waals surface area (Å²) in [5, 5.41) is 9.94. The van der Waals surface area contributed by atoms with Gasteiger partial charge in [-0.2, -0.15) is 0 Å². The van der Waals surface area contributed by atoms with Crippen LogP contribution in [0.3, 0.4) is 0 Å². The largest absolute Gasteiger partial charge is 0.392 e. The van der Waals surface area contributed by atoms with Crippen molar-refractivity contribution in [3.63, 3.8) is 0 Å². The zero-order valence-corrected chi connectivity index (χ0v) is 13.4. The van der Waals surface area contributed by atoms with Crippen LogP contribution in [0.5, 0.6) is 0 Å². The first kappa shape index (κ1) is 15.9. The van der Waals surface area contributed by atoms with E-state index in [1.807, 2.05) is 0 Å². The Morgan fingerprint density at radius 3 is 2.75 bits per heavy atom. The molecule has 1 aliphatic carbocycles. The standard InChI is InChI=1S/C16H30N2O2/c1-16(2)7-5-6-12(15(16)20)9-18-11-14(19)8-13(18)10-17(3)4/h12-14,19H,5-11H2,1-4H3. The van der Waals surface area contributed by atoms with Gasteiger partial charge in [0, 0.05) is 37.0 Å². The van der Waals surface area contributed by atoms with E-state index in [2.05, 4.69) is 37.7 Å². The Balaban J connectivity index is 1.99. The van der Waals surface area contributed by atoms with Gasteiger partial charge in [-0.3, -0.25) is 9.69 Å². The normalized spacial score (nSPS) is 34.9. The molecule has 0 bridgehead atoms. The molecule has 1 saturated heterocycles. The molecule has 1 N–H and O–H groups in total. The molecular weight excluding hydrogens is 252 g/mol. The zero-order chi connectivity index (χ0) is 14.9. The van der Waals surface area contributed by atoms with Crippen molar-refractivity contribution >= 4 is 5.78 Å². The summed E-state index contributed by atoms with van der Waals surface area (Å²) in [6, 6.07) is 0.387. The fourth-order valence-corrected chi connectivity index (χ4v) is 3.85. The van der Waals surface area contributed by atoms with Crippen LogP contribution < -0.4 is 0 Å². The minimum absolute atomic E-state index is 0.154. The lowest BCUT2D eigenvalue weighted by molar-refractivity contribution is -0.135. The molecule has 4 heteroatoms. The predicted octanol–water partition coefficient (Wildman–Crippen LogP) is 1.38. The van der Waals surface area contributed by atoms with Gasteiger partial charge in [0.05, 0.1) is 6.10 Å². The molecule has 0 aromatic heterocycles. The zero-order valence-electron chi connectivity index (χ0n) is 13.4. The second kappa shape index (κ2) is 6.12. The van der Waals surface area contributed by atoms with Gasteiger partial charge in [0.25, 0.3) is 0 Å². The summed E-state index contributed by atoms with van der Waals surface area (Å²) in [7, 11) is 4.13.